The van der Waals surface area contributed by atoms with Crippen molar-refractivity contribution in [2.75, 3.05) is 26.2 Å². The second kappa shape index (κ2) is 16.4. The number of aromatic nitrogens is 4. The van der Waals surface area contributed by atoms with Crippen LogP contribution in [0.2, 0.25) is 0 Å². The van der Waals surface area contributed by atoms with Gasteiger partial charge in [-0.3, -0.25) is 19.6 Å². The first-order valence-electron chi connectivity index (χ1n) is 17.3. The molecule has 5 aromatic rings. The number of pyridine rings is 4. The zero-order valence-corrected chi connectivity index (χ0v) is 28.7. The average molecular weight is 673 g/mol. The molecule has 10 heteroatoms. The van der Waals surface area contributed by atoms with Crippen LogP contribution in [0.5, 0.6) is 0 Å². The molecule has 2 aliphatic heterocycles. The van der Waals surface area contributed by atoms with Crippen molar-refractivity contribution < 1.29 is 9.53 Å². The number of rotatable bonds is 6. The van der Waals surface area contributed by atoms with Crippen molar-refractivity contribution in [3.63, 3.8) is 0 Å². The van der Waals surface area contributed by atoms with Gasteiger partial charge in [0.1, 0.15) is 6.61 Å². The second-order valence-electron chi connectivity index (χ2n) is 12.9. The monoisotopic (exact) mass is 672 g/mol. The highest BCUT2D eigenvalue weighted by atomic mass is 16.6. The van der Waals surface area contributed by atoms with Gasteiger partial charge in [0, 0.05) is 87.3 Å². The molecule has 50 heavy (non-hydrogen) atoms. The first kappa shape index (κ1) is 34.5. The molecule has 0 radical (unpaired) electrons. The van der Waals surface area contributed by atoms with Crippen LogP contribution in [0.25, 0.3) is 22.3 Å². The van der Waals surface area contributed by atoms with Crippen LogP contribution in [0.1, 0.15) is 54.5 Å². The highest BCUT2D eigenvalue weighted by Crippen LogP contribution is 2.30. The van der Waals surface area contributed by atoms with Crippen molar-refractivity contribution in [2.45, 2.75) is 44.1 Å². The summed E-state index contributed by atoms with van der Waals surface area (Å²) in [4.78, 5) is 47.0. The van der Waals surface area contributed by atoms with Gasteiger partial charge in [-0.15, -0.1) is 0 Å². The minimum atomic E-state index is -0.281. The zero-order valence-electron chi connectivity index (χ0n) is 28.7. The Morgan fingerprint density at radius 2 is 1.16 bits per heavy atom. The lowest BCUT2D eigenvalue weighted by molar-refractivity contribution is 0.0866. The molecule has 2 fully saturated rings. The summed E-state index contributed by atoms with van der Waals surface area (Å²) in [5.41, 5.74) is 7.08. The van der Waals surface area contributed by atoms with Gasteiger partial charge in [-0.25, -0.2) is 4.79 Å². The summed E-state index contributed by atoms with van der Waals surface area (Å²) in [7, 11) is 3.69. The maximum Gasteiger partial charge on any atom is 0.410 e. The van der Waals surface area contributed by atoms with E-state index in [9.17, 15) is 14.4 Å². The van der Waals surface area contributed by atoms with E-state index in [4.69, 9.17) is 4.74 Å². The summed E-state index contributed by atoms with van der Waals surface area (Å²) in [5.74, 6) is 0.693. The van der Waals surface area contributed by atoms with Crippen molar-refractivity contribution in [3.8, 4) is 22.3 Å². The number of carbonyl (C=O) groups is 1. The van der Waals surface area contributed by atoms with Gasteiger partial charge in [0.05, 0.1) is 0 Å². The minimum absolute atomic E-state index is 0.0241. The van der Waals surface area contributed by atoms with E-state index in [1.165, 1.54) is 0 Å². The van der Waals surface area contributed by atoms with Crippen LogP contribution in [0.3, 0.4) is 0 Å². The lowest BCUT2D eigenvalue weighted by Crippen LogP contribution is -2.39. The van der Waals surface area contributed by atoms with Gasteiger partial charge in [0.15, 0.2) is 0 Å². The second-order valence-corrected chi connectivity index (χ2v) is 12.9. The number of hydrogen-bond acceptors (Lipinski definition) is 7. The van der Waals surface area contributed by atoms with Crippen LogP contribution in [0, 0.1) is 0 Å². The number of nitrogens with zero attached hydrogens (tertiary/aromatic N) is 5. The average Bonchev–Trinajstić information content (AvgIpc) is 3.17. The Balaban J connectivity index is 0.000000187. The van der Waals surface area contributed by atoms with Crippen molar-refractivity contribution in [1.82, 2.24) is 29.3 Å². The summed E-state index contributed by atoms with van der Waals surface area (Å²) in [6.07, 6.45) is 10.5. The topological polar surface area (TPSA) is 111 Å². The fourth-order valence-electron chi connectivity index (χ4n) is 6.80. The Kier molecular flexibility index (Phi) is 11.3. The zero-order chi connectivity index (χ0) is 34.9. The van der Waals surface area contributed by atoms with Crippen LogP contribution in [0.4, 0.5) is 4.79 Å². The van der Waals surface area contributed by atoms with Crippen LogP contribution in [0.15, 0.2) is 113 Å². The number of benzene rings is 1. The number of ether oxygens (including phenoxy) is 1. The predicted octanol–water partition coefficient (Wildman–Crippen LogP) is 5.88. The van der Waals surface area contributed by atoms with E-state index in [0.29, 0.717) is 19.0 Å². The van der Waals surface area contributed by atoms with Gasteiger partial charge in [-0.2, -0.15) is 0 Å². The lowest BCUT2D eigenvalue weighted by atomic mass is 9.91. The number of carbonyl (C=O) groups excluding carboxylic acids is 1. The van der Waals surface area contributed by atoms with E-state index in [2.05, 4.69) is 27.4 Å². The highest BCUT2D eigenvalue weighted by molar-refractivity contribution is 5.68. The molecule has 10 nitrogen and oxygen atoms in total. The largest absolute Gasteiger partial charge is 0.445 e. The van der Waals surface area contributed by atoms with Gasteiger partial charge in [0.2, 0.25) is 0 Å². The molecule has 2 saturated heterocycles. The van der Waals surface area contributed by atoms with Gasteiger partial charge in [-0.1, -0.05) is 30.3 Å². The smallest absolute Gasteiger partial charge is 0.410 e. The molecule has 6 heterocycles. The fraction of sp³-hybridized carbons (Fsp3) is 0.325. The van der Waals surface area contributed by atoms with E-state index >= 15 is 0 Å². The highest BCUT2D eigenvalue weighted by Gasteiger charge is 2.27. The first-order chi connectivity index (χ1) is 24.4. The van der Waals surface area contributed by atoms with Gasteiger partial charge >= 0.3 is 6.09 Å². The van der Waals surface area contributed by atoms with Crippen LogP contribution in [-0.4, -0.2) is 56.3 Å². The van der Waals surface area contributed by atoms with Crippen molar-refractivity contribution in [1.29, 1.82) is 0 Å². The molecule has 0 unspecified atom stereocenters. The van der Waals surface area contributed by atoms with E-state index in [0.717, 1.165) is 78.0 Å². The van der Waals surface area contributed by atoms with Gasteiger partial charge < -0.3 is 24.1 Å². The van der Waals surface area contributed by atoms with Crippen molar-refractivity contribution >= 4 is 6.09 Å². The Hall–Kier alpha value is -5.35. The maximum atomic E-state index is 12.5. The third kappa shape index (κ3) is 8.44. The Bertz CT molecular complexity index is 1980. The fourth-order valence-corrected chi connectivity index (χ4v) is 6.80. The molecular formula is C40H44N6O4. The minimum Gasteiger partial charge on any atom is -0.445 e. The van der Waals surface area contributed by atoms with Gasteiger partial charge in [0.25, 0.3) is 11.1 Å². The van der Waals surface area contributed by atoms with E-state index in [1.807, 2.05) is 68.7 Å². The number of nitrogens with one attached hydrogen (secondary N) is 1. The van der Waals surface area contributed by atoms with Crippen LogP contribution >= 0.6 is 0 Å². The van der Waals surface area contributed by atoms with Gasteiger partial charge in [-0.05, 0) is 103 Å². The molecule has 0 aliphatic carbocycles. The Labute approximate surface area is 292 Å². The molecular weight excluding hydrogens is 628 g/mol. The molecule has 0 atom stereocenters. The Morgan fingerprint density at radius 3 is 1.66 bits per heavy atom. The quantitative estimate of drug-likeness (QED) is 0.240. The first-order valence-corrected chi connectivity index (χ1v) is 17.3. The molecule has 0 saturated carbocycles. The van der Waals surface area contributed by atoms with Crippen LogP contribution < -0.4 is 16.4 Å². The molecule has 0 bridgehead atoms. The number of piperidine rings is 2. The van der Waals surface area contributed by atoms with Crippen molar-refractivity contribution in [2.24, 2.45) is 14.1 Å². The van der Waals surface area contributed by atoms with E-state index < -0.39 is 0 Å². The predicted molar refractivity (Wildman–Crippen MR) is 195 cm³/mol. The molecule has 2 aliphatic rings. The third-order valence-corrected chi connectivity index (χ3v) is 9.76. The van der Waals surface area contributed by atoms with E-state index in [-0.39, 0.29) is 29.7 Å². The SMILES string of the molecule is Cn1c(C2CCN(C(=O)OCc3ccccc3)CC2)cc(-c2ccncc2)cc1=O.Cn1c(C2CCNCC2)cc(-c2ccncc2)cc1=O. The third-order valence-electron chi connectivity index (χ3n) is 9.76. The summed E-state index contributed by atoms with van der Waals surface area (Å²) in [6.45, 7) is 3.57. The summed E-state index contributed by atoms with van der Waals surface area (Å²) >= 11 is 0. The van der Waals surface area contributed by atoms with Crippen LogP contribution in [-0.2, 0) is 25.4 Å². The summed E-state index contributed by atoms with van der Waals surface area (Å²) in [6, 6.07) is 25.0. The molecule has 1 N–H and O–H groups in total. The molecule has 1 amide bonds. The Morgan fingerprint density at radius 1 is 0.680 bits per heavy atom. The maximum absolute atomic E-state index is 12.5. The standard InChI is InChI=1S/C24H25N3O3.C16H19N3O/c1-26-22(15-21(16-23(26)28)19-7-11-25-12-8-19)20-9-13-27(14-10-20)24(29)30-17-18-5-3-2-4-6-18;1-19-15(13-4-8-18-9-5-13)10-14(11-16(19)20)12-2-6-17-7-3-12/h2-8,11-12,15-16,20H,9-10,13-14,17H2,1H3;2-3,6-7,10-11,13,18H,4-5,8-9H2,1H3. The summed E-state index contributed by atoms with van der Waals surface area (Å²) < 4.78 is 8.97. The number of likely N-dealkylation sites (tertiary alicyclic amines) is 1. The lowest BCUT2D eigenvalue weighted by Gasteiger charge is -2.32. The van der Waals surface area contributed by atoms with Crippen molar-refractivity contribution in [3.05, 3.63) is 141 Å². The molecule has 0 spiro atoms. The normalized spacial score (nSPS) is 15.2. The molecule has 7 rings (SSSR count). The molecule has 4 aromatic heterocycles. The molecule has 1 aromatic carbocycles. The summed E-state index contributed by atoms with van der Waals surface area (Å²) in [5, 5.41) is 3.37. The number of amides is 1. The van der Waals surface area contributed by atoms with E-state index in [1.54, 1.807) is 51.0 Å². The molecule has 258 valence electrons. The number of hydrogen-bond donors (Lipinski definition) is 1.